The van der Waals surface area contributed by atoms with E-state index in [2.05, 4.69) is 246 Å². The van der Waals surface area contributed by atoms with Crippen LogP contribution in [-0.4, -0.2) is 24.1 Å². The second-order valence-corrected chi connectivity index (χ2v) is 24.5. The molecule has 8 nitrogen and oxygen atoms in total. The van der Waals surface area contributed by atoms with Crippen molar-refractivity contribution in [1.82, 2.24) is 24.1 Å². The van der Waals surface area contributed by atoms with Gasteiger partial charge in [-0.1, -0.05) is 200 Å². The SMILES string of the molecule is N#Cc1ccc(-c2cccc(-c3nc(-c4ccc(-n5c6ccc(-c7ccccc7)cc6c6cc(-c7ccccc7)ccc65)c(-c5ccc(C#N)cc5)c4)nc(-c4ccc(-n5c6ccc(-c7ccccc7)cc6c6cc(-c7ccccc7)ccc65)c(-c5ccc(C#N)cc5)c4)n3)c2)cc1. The van der Waals surface area contributed by atoms with Crippen molar-refractivity contribution in [2.45, 2.75) is 0 Å². The molecule has 3 aromatic heterocycles. The van der Waals surface area contributed by atoms with Crippen molar-refractivity contribution in [2.75, 3.05) is 0 Å². The molecule has 0 aliphatic heterocycles. The Morgan fingerprint density at radius 3 is 0.765 bits per heavy atom. The van der Waals surface area contributed by atoms with E-state index in [9.17, 15) is 15.8 Å². The third-order valence-corrected chi connectivity index (χ3v) is 18.7. The smallest absolute Gasteiger partial charge is 0.164 e. The summed E-state index contributed by atoms with van der Waals surface area (Å²) in [4.78, 5) is 16.4. The molecule has 14 aromatic carbocycles. The standard InChI is InChI=1S/C90H54N8/c91-55-58-24-30-65(31-25-58)68-22-13-23-73(48-68)88-94-89(74-40-46-82(76(53-74)66-32-26-59(56-92)27-33-66)97-84-42-36-69(61-14-5-1-6-15-61)49-78(84)79-50-70(37-43-85(79)97)62-16-7-2-8-17-62)96-90(95-88)75-41-47-83(77(54-75)67-34-28-60(57-93)29-35-67)98-86-44-38-71(63-18-9-3-10-19-63)51-80(86)81-52-72(39-45-87(81)98)64-20-11-4-12-21-64/h1-54H. The monoisotopic (exact) mass is 1250 g/mol. The van der Waals surface area contributed by atoms with Gasteiger partial charge in [0.1, 0.15) is 0 Å². The molecule has 0 radical (unpaired) electrons. The van der Waals surface area contributed by atoms with E-state index in [1.807, 2.05) is 109 Å². The van der Waals surface area contributed by atoms with E-state index in [0.29, 0.717) is 34.2 Å². The third-order valence-electron chi connectivity index (χ3n) is 18.7. The first-order valence-corrected chi connectivity index (χ1v) is 32.5. The molecule has 0 fully saturated rings. The van der Waals surface area contributed by atoms with Crippen LogP contribution in [0.4, 0.5) is 0 Å². The fourth-order valence-electron chi connectivity index (χ4n) is 13.8. The summed E-state index contributed by atoms with van der Waals surface area (Å²) in [6, 6.07) is 120. The summed E-state index contributed by atoms with van der Waals surface area (Å²) in [5.41, 5.74) is 24.5. The van der Waals surface area contributed by atoms with Crippen LogP contribution < -0.4 is 0 Å². The summed E-state index contributed by atoms with van der Waals surface area (Å²) in [6.07, 6.45) is 0. The Morgan fingerprint density at radius 2 is 0.449 bits per heavy atom. The summed E-state index contributed by atoms with van der Waals surface area (Å²) in [7, 11) is 0. The minimum atomic E-state index is 0.451. The molecule has 17 aromatic rings. The van der Waals surface area contributed by atoms with Crippen LogP contribution in [0.5, 0.6) is 0 Å². The van der Waals surface area contributed by atoms with Crippen molar-refractivity contribution >= 4 is 43.6 Å². The molecule has 0 amide bonds. The van der Waals surface area contributed by atoms with E-state index >= 15 is 0 Å². The van der Waals surface area contributed by atoms with E-state index in [1.54, 1.807) is 0 Å². The van der Waals surface area contributed by atoms with Gasteiger partial charge >= 0.3 is 0 Å². The van der Waals surface area contributed by atoms with Gasteiger partial charge in [0.2, 0.25) is 0 Å². The molecular formula is C90H54N8. The van der Waals surface area contributed by atoms with E-state index in [1.165, 1.54) is 0 Å². The minimum Gasteiger partial charge on any atom is -0.309 e. The molecule has 0 bridgehead atoms. The number of aromatic nitrogens is 5. The number of hydrogen-bond donors (Lipinski definition) is 0. The molecule has 8 heteroatoms. The number of rotatable bonds is 12. The number of nitrogens with zero attached hydrogens (tertiary/aromatic N) is 8. The highest BCUT2D eigenvalue weighted by Gasteiger charge is 2.24. The van der Waals surface area contributed by atoms with Crippen LogP contribution in [0.1, 0.15) is 16.7 Å². The third kappa shape index (κ3) is 10.6. The Kier molecular flexibility index (Phi) is 14.5. The minimum absolute atomic E-state index is 0.451. The Balaban J connectivity index is 0.883. The number of nitriles is 3. The lowest BCUT2D eigenvalue weighted by atomic mass is 9.98. The Bertz CT molecular complexity index is 5580. The quantitative estimate of drug-likeness (QED) is 0.120. The number of benzene rings is 14. The average Bonchev–Trinajstić information content (AvgIpc) is 1.57. The van der Waals surface area contributed by atoms with E-state index in [4.69, 9.17) is 15.0 Å². The van der Waals surface area contributed by atoms with Gasteiger partial charge in [0.25, 0.3) is 0 Å². The average molecular weight is 1250 g/mol. The van der Waals surface area contributed by atoms with Crippen molar-refractivity contribution < 1.29 is 0 Å². The Hall–Kier alpha value is -13.8. The van der Waals surface area contributed by atoms with Crippen molar-refractivity contribution in [3.8, 4) is 142 Å². The zero-order valence-electron chi connectivity index (χ0n) is 52.8. The maximum Gasteiger partial charge on any atom is 0.164 e. The molecule has 0 saturated heterocycles. The van der Waals surface area contributed by atoms with E-state index in [-0.39, 0.29) is 0 Å². The summed E-state index contributed by atoms with van der Waals surface area (Å²) in [5, 5.41) is 34.4. The molecule has 0 atom stereocenters. The van der Waals surface area contributed by atoms with Gasteiger partial charge in [0.15, 0.2) is 17.5 Å². The zero-order valence-corrected chi connectivity index (χ0v) is 52.8. The predicted octanol–water partition coefficient (Wildman–Crippen LogP) is 22.4. The van der Waals surface area contributed by atoms with Crippen LogP contribution in [0, 0.1) is 34.0 Å². The van der Waals surface area contributed by atoms with Crippen molar-refractivity contribution in [1.29, 1.82) is 15.8 Å². The highest BCUT2D eigenvalue weighted by Crippen LogP contribution is 2.44. The van der Waals surface area contributed by atoms with Crippen LogP contribution in [0.3, 0.4) is 0 Å². The van der Waals surface area contributed by atoms with Gasteiger partial charge in [-0.25, -0.2) is 15.0 Å². The molecule has 17 rings (SSSR count). The number of hydrogen-bond acceptors (Lipinski definition) is 6. The highest BCUT2D eigenvalue weighted by atomic mass is 15.0. The molecule has 0 aliphatic rings. The van der Waals surface area contributed by atoms with Crippen LogP contribution in [-0.2, 0) is 0 Å². The summed E-state index contributed by atoms with van der Waals surface area (Å²) < 4.78 is 4.72. The van der Waals surface area contributed by atoms with E-state index < -0.39 is 0 Å². The lowest BCUT2D eigenvalue weighted by Gasteiger charge is -2.17. The fraction of sp³-hybridized carbons (Fsp3) is 0. The molecule has 3 heterocycles. The van der Waals surface area contributed by atoms with Crippen LogP contribution >= 0.6 is 0 Å². The first-order valence-electron chi connectivity index (χ1n) is 32.5. The van der Waals surface area contributed by atoms with Crippen molar-refractivity contribution in [3.63, 3.8) is 0 Å². The lowest BCUT2D eigenvalue weighted by molar-refractivity contribution is 1.07. The van der Waals surface area contributed by atoms with E-state index in [0.717, 1.165) is 150 Å². The summed E-state index contributed by atoms with van der Waals surface area (Å²) in [5.74, 6) is 1.37. The maximum absolute atomic E-state index is 10.1. The molecule has 0 N–H and O–H groups in total. The Labute approximate surface area is 566 Å². The molecule has 98 heavy (non-hydrogen) atoms. The second kappa shape index (κ2) is 24.6. The predicted molar refractivity (Wildman–Crippen MR) is 397 cm³/mol. The molecule has 0 spiro atoms. The van der Waals surface area contributed by atoms with Gasteiger partial charge in [0, 0.05) is 49.4 Å². The van der Waals surface area contributed by atoms with Gasteiger partial charge in [-0.15, -0.1) is 0 Å². The molecule has 0 unspecified atom stereocenters. The fourth-order valence-corrected chi connectivity index (χ4v) is 13.8. The van der Waals surface area contributed by atoms with Gasteiger partial charge < -0.3 is 9.13 Å². The largest absolute Gasteiger partial charge is 0.309 e. The topological polar surface area (TPSA) is 120 Å². The Morgan fingerprint density at radius 1 is 0.204 bits per heavy atom. The van der Waals surface area contributed by atoms with Crippen molar-refractivity contribution in [2.24, 2.45) is 0 Å². The van der Waals surface area contributed by atoms with Gasteiger partial charge in [-0.3, -0.25) is 0 Å². The summed E-state index contributed by atoms with van der Waals surface area (Å²) in [6.45, 7) is 0. The van der Waals surface area contributed by atoms with Gasteiger partial charge in [-0.05, 0) is 194 Å². The van der Waals surface area contributed by atoms with Crippen LogP contribution in [0.2, 0.25) is 0 Å². The second-order valence-electron chi connectivity index (χ2n) is 24.5. The van der Waals surface area contributed by atoms with Gasteiger partial charge in [0.05, 0.1) is 68.3 Å². The summed E-state index contributed by atoms with van der Waals surface area (Å²) >= 11 is 0. The van der Waals surface area contributed by atoms with Gasteiger partial charge in [-0.2, -0.15) is 15.8 Å². The zero-order chi connectivity index (χ0) is 65.6. The molecule has 454 valence electrons. The number of fused-ring (bicyclic) bond motifs is 6. The molecule has 0 saturated carbocycles. The normalized spacial score (nSPS) is 11.2. The van der Waals surface area contributed by atoms with Crippen molar-refractivity contribution in [3.05, 3.63) is 344 Å². The van der Waals surface area contributed by atoms with Crippen LogP contribution in [0.15, 0.2) is 328 Å². The van der Waals surface area contributed by atoms with Crippen LogP contribution in [0.25, 0.3) is 167 Å². The molecular weight excluding hydrogens is 1190 g/mol. The first kappa shape index (κ1) is 58.0. The lowest BCUT2D eigenvalue weighted by Crippen LogP contribution is -2.03. The maximum atomic E-state index is 10.1. The highest BCUT2D eigenvalue weighted by molar-refractivity contribution is 6.14. The first-order chi connectivity index (χ1) is 48.4. The molecule has 0 aliphatic carbocycles.